The zero-order valence-corrected chi connectivity index (χ0v) is 14.0. The minimum absolute atomic E-state index is 0.00866. The van der Waals surface area contributed by atoms with Gasteiger partial charge in [-0.2, -0.15) is 11.3 Å². The zero-order chi connectivity index (χ0) is 17.9. The third kappa shape index (κ3) is 3.65. The summed E-state index contributed by atoms with van der Waals surface area (Å²) in [5.74, 6) is -2.68. The minimum atomic E-state index is -1.17. The lowest BCUT2D eigenvalue weighted by molar-refractivity contribution is -0.141. The summed E-state index contributed by atoms with van der Waals surface area (Å²) in [6, 6.07) is 3.08. The van der Waals surface area contributed by atoms with Crippen LogP contribution in [0.1, 0.15) is 29.2 Å². The summed E-state index contributed by atoms with van der Waals surface area (Å²) in [5, 5.41) is 22.8. The number of pyridine rings is 1. The Bertz CT molecular complexity index is 809. The number of hydrogen-bond acceptors (Lipinski definition) is 6. The highest BCUT2D eigenvalue weighted by Gasteiger charge is 2.27. The van der Waals surface area contributed by atoms with Crippen molar-refractivity contribution in [1.82, 2.24) is 4.57 Å². The van der Waals surface area contributed by atoms with E-state index in [1.807, 2.05) is 0 Å². The van der Waals surface area contributed by atoms with Gasteiger partial charge in [0.05, 0.1) is 19.1 Å². The highest BCUT2D eigenvalue weighted by atomic mass is 32.1. The number of aryl methyl sites for hydroxylation is 1. The van der Waals surface area contributed by atoms with Gasteiger partial charge in [-0.1, -0.05) is 0 Å². The smallest absolute Gasteiger partial charge is 0.323 e. The molecule has 0 amide bonds. The van der Waals surface area contributed by atoms with E-state index in [1.54, 1.807) is 16.8 Å². The van der Waals surface area contributed by atoms with Crippen molar-refractivity contribution in [3.8, 4) is 5.75 Å². The van der Waals surface area contributed by atoms with Crippen LogP contribution in [0, 0.1) is 6.92 Å². The fourth-order valence-electron chi connectivity index (χ4n) is 2.54. The molecule has 0 saturated carbocycles. The van der Waals surface area contributed by atoms with Gasteiger partial charge < -0.3 is 19.5 Å². The van der Waals surface area contributed by atoms with Crippen molar-refractivity contribution in [2.75, 3.05) is 7.11 Å². The summed E-state index contributed by atoms with van der Waals surface area (Å²) in [7, 11) is 1.24. The molecule has 0 aliphatic carbocycles. The second-order valence-electron chi connectivity index (χ2n) is 5.26. The van der Waals surface area contributed by atoms with E-state index in [0.29, 0.717) is 11.3 Å². The first-order chi connectivity index (χ1) is 11.3. The molecule has 7 nitrogen and oxygen atoms in total. The van der Waals surface area contributed by atoms with Crippen molar-refractivity contribution < 1.29 is 24.5 Å². The van der Waals surface area contributed by atoms with E-state index in [1.165, 1.54) is 31.4 Å². The number of carbonyl (C=O) groups is 2. The quantitative estimate of drug-likeness (QED) is 0.768. The van der Waals surface area contributed by atoms with Gasteiger partial charge in [0.2, 0.25) is 0 Å². The Morgan fingerprint density at radius 3 is 2.67 bits per heavy atom. The van der Waals surface area contributed by atoms with Gasteiger partial charge in [0.25, 0.3) is 5.56 Å². The fraction of sp³-hybridized carbons (Fsp3) is 0.312. The Kier molecular flexibility index (Phi) is 5.40. The van der Waals surface area contributed by atoms with Gasteiger partial charge in [-0.05, 0) is 35.4 Å². The maximum absolute atomic E-state index is 12.7. The molecule has 24 heavy (non-hydrogen) atoms. The van der Waals surface area contributed by atoms with Crippen LogP contribution in [0.25, 0.3) is 0 Å². The molecule has 128 valence electrons. The third-order valence-corrected chi connectivity index (χ3v) is 4.41. The minimum Gasteiger partial charge on any atom is -0.507 e. The number of aromatic hydroxyl groups is 1. The zero-order valence-electron chi connectivity index (χ0n) is 13.2. The summed E-state index contributed by atoms with van der Waals surface area (Å²) < 4.78 is 5.74. The topological polar surface area (TPSA) is 106 Å². The first-order valence-corrected chi connectivity index (χ1v) is 8.03. The number of aliphatic carboxylic acids is 1. The van der Waals surface area contributed by atoms with Gasteiger partial charge in [-0.25, -0.2) is 0 Å². The SMILES string of the molecule is COC(=O)C[C@H](c1ccsc1)c1c(O)cc(C)n(CC(=O)O)c1=O. The van der Waals surface area contributed by atoms with Crippen molar-refractivity contribution >= 4 is 23.3 Å². The molecular weight excluding hydrogens is 334 g/mol. The van der Waals surface area contributed by atoms with Crippen molar-refractivity contribution in [3.05, 3.63) is 50.1 Å². The van der Waals surface area contributed by atoms with Crippen LogP contribution in [0.5, 0.6) is 5.75 Å². The van der Waals surface area contributed by atoms with Crippen LogP contribution in [0.2, 0.25) is 0 Å². The van der Waals surface area contributed by atoms with E-state index in [-0.39, 0.29) is 17.7 Å². The molecule has 2 N–H and O–H groups in total. The lowest BCUT2D eigenvalue weighted by Gasteiger charge is -2.18. The van der Waals surface area contributed by atoms with E-state index in [9.17, 15) is 19.5 Å². The number of esters is 1. The predicted molar refractivity (Wildman–Crippen MR) is 87.5 cm³/mol. The molecule has 8 heteroatoms. The Morgan fingerprint density at radius 2 is 2.12 bits per heavy atom. The van der Waals surface area contributed by atoms with E-state index in [2.05, 4.69) is 4.74 Å². The summed E-state index contributed by atoms with van der Waals surface area (Å²) in [6.45, 7) is 1.01. The molecule has 0 saturated heterocycles. The average Bonchev–Trinajstić information content (AvgIpc) is 3.04. The van der Waals surface area contributed by atoms with Crippen LogP contribution in [0.3, 0.4) is 0 Å². The number of aromatic nitrogens is 1. The monoisotopic (exact) mass is 351 g/mol. The van der Waals surface area contributed by atoms with Crippen molar-refractivity contribution in [2.45, 2.75) is 25.8 Å². The van der Waals surface area contributed by atoms with Crippen LogP contribution < -0.4 is 5.56 Å². The van der Waals surface area contributed by atoms with E-state index < -0.39 is 30.0 Å². The molecule has 0 radical (unpaired) electrons. The number of thiophene rings is 1. The predicted octanol–water partition coefficient (Wildman–Crippen LogP) is 1.70. The van der Waals surface area contributed by atoms with E-state index in [0.717, 1.165) is 4.57 Å². The maximum atomic E-state index is 12.7. The number of carboxylic acid groups (broad SMARTS) is 1. The highest BCUT2D eigenvalue weighted by Crippen LogP contribution is 2.33. The molecule has 0 aliphatic rings. The lowest BCUT2D eigenvalue weighted by atomic mass is 9.90. The molecule has 0 aromatic carbocycles. The van der Waals surface area contributed by atoms with E-state index in [4.69, 9.17) is 5.11 Å². The number of rotatable bonds is 6. The van der Waals surface area contributed by atoms with Crippen molar-refractivity contribution in [1.29, 1.82) is 0 Å². The van der Waals surface area contributed by atoms with Gasteiger partial charge in [0.15, 0.2) is 0 Å². The Labute approximate surface area is 141 Å². The van der Waals surface area contributed by atoms with Crippen LogP contribution in [-0.2, 0) is 20.9 Å². The van der Waals surface area contributed by atoms with Crippen LogP contribution in [0.4, 0.5) is 0 Å². The van der Waals surface area contributed by atoms with Crippen LogP contribution in [-0.4, -0.2) is 33.8 Å². The molecule has 2 rings (SSSR count). The number of methoxy groups -OCH3 is 1. The average molecular weight is 351 g/mol. The number of carboxylic acids is 1. The van der Waals surface area contributed by atoms with Crippen LogP contribution in [0.15, 0.2) is 27.7 Å². The Morgan fingerprint density at radius 1 is 1.42 bits per heavy atom. The molecule has 0 spiro atoms. The van der Waals surface area contributed by atoms with Crippen LogP contribution >= 0.6 is 11.3 Å². The van der Waals surface area contributed by atoms with Crippen molar-refractivity contribution in [2.24, 2.45) is 0 Å². The molecule has 1 atom stereocenters. The number of ether oxygens (including phenoxy) is 1. The Hall–Kier alpha value is -2.61. The number of carbonyl (C=O) groups excluding carboxylic acids is 1. The van der Waals surface area contributed by atoms with Gasteiger partial charge >= 0.3 is 11.9 Å². The second-order valence-corrected chi connectivity index (χ2v) is 6.04. The maximum Gasteiger partial charge on any atom is 0.323 e. The molecular formula is C16H17NO6S. The lowest BCUT2D eigenvalue weighted by Crippen LogP contribution is -2.30. The molecule has 2 heterocycles. The van der Waals surface area contributed by atoms with Gasteiger partial charge in [0, 0.05) is 11.6 Å². The van der Waals surface area contributed by atoms with Gasteiger partial charge in [0.1, 0.15) is 12.3 Å². The normalized spacial score (nSPS) is 11.9. The molecule has 2 aromatic heterocycles. The number of nitrogens with zero attached hydrogens (tertiary/aromatic N) is 1. The molecule has 0 unspecified atom stereocenters. The third-order valence-electron chi connectivity index (χ3n) is 3.71. The largest absolute Gasteiger partial charge is 0.507 e. The van der Waals surface area contributed by atoms with Gasteiger partial charge in [-0.15, -0.1) is 0 Å². The first-order valence-electron chi connectivity index (χ1n) is 7.09. The number of hydrogen-bond donors (Lipinski definition) is 2. The summed E-state index contributed by atoms with van der Waals surface area (Å²) >= 11 is 1.39. The van der Waals surface area contributed by atoms with Crippen molar-refractivity contribution in [3.63, 3.8) is 0 Å². The standard InChI is InChI=1S/C16H17NO6S/c1-9-5-12(18)15(16(22)17(9)7-13(19)20)11(6-14(21)23-2)10-3-4-24-8-10/h3-5,8,11,18H,6-7H2,1-2H3,(H,19,20)/t11-/m1/s1. The highest BCUT2D eigenvalue weighted by molar-refractivity contribution is 7.08. The summed E-state index contributed by atoms with van der Waals surface area (Å²) in [5.41, 5.74) is 0.370. The molecule has 2 aromatic rings. The van der Waals surface area contributed by atoms with Gasteiger partial charge in [-0.3, -0.25) is 14.4 Å². The molecule has 0 fully saturated rings. The molecule has 0 aliphatic heterocycles. The second kappa shape index (κ2) is 7.31. The fourth-order valence-corrected chi connectivity index (χ4v) is 3.25. The Balaban J connectivity index is 2.63. The van der Waals surface area contributed by atoms with E-state index >= 15 is 0 Å². The molecule has 0 bridgehead atoms. The summed E-state index contributed by atoms with van der Waals surface area (Å²) in [4.78, 5) is 35.5. The summed E-state index contributed by atoms with van der Waals surface area (Å²) in [6.07, 6.45) is -0.133. The first kappa shape index (κ1) is 17.7.